The molecule has 2 rings (SSSR count). The van der Waals surface area contributed by atoms with Crippen LogP contribution in [-0.4, -0.2) is 17.6 Å². The number of rotatable bonds is 5. The van der Waals surface area contributed by atoms with Gasteiger partial charge in [0.15, 0.2) is 0 Å². The predicted molar refractivity (Wildman–Crippen MR) is 87.0 cm³/mol. The lowest BCUT2D eigenvalue weighted by Gasteiger charge is -2.13. The van der Waals surface area contributed by atoms with Crippen molar-refractivity contribution in [3.8, 4) is 0 Å². The standard InChI is InChI=1S/C17H27NO2S/c1-5-20-15(19)14-13(11-10-12-8-6-7-9-12)18-16(21-14)17(2,3)4/h12H,5-11H2,1-4H3. The zero-order chi connectivity index (χ0) is 15.5. The molecule has 0 aliphatic heterocycles. The summed E-state index contributed by atoms with van der Waals surface area (Å²) in [5.74, 6) is 0.617. The summed E-state index contributed by atoms with van der Waals surface area (Å²) < 4.78 is 5.20. The molecule has 4 heteroatoms. The largest absolute Gasteiger partial charge is 0.462 e. The fourth-order valence-electron chi connectivity index (χ4n) is 2.84. The first-order valence-electron chi connectivity index (χ1n) is 8.09. The molecule has 0 amide bonds. The minimum atomic E-state index is -0.202. The van der Waals surface area contributed by atoms with Gasteiger partial charge in [0.1, 0.15) is 4.88 Å². The molecular weight excluding hydrogens is 282 g/mol. The minimum Gasteiger partial charge on any atom is -0.462 e. The van der Waals surface area contributed by atoms with Gasteiger partial charge in [-0.3, -0.25) is 0 Å². The molecule has 1 saturated carbocycles. The van der Waals surface area contributed by atoms with Crippen LogP contribution in [0.5, 0.6) is 0 Å². The normalized spacial score (nSPS) is 16.4. The Kier molecular flexibility index (Phi) is 5.42. The van der Waals surface area contributed by atoms with Crippen LogP contribution in [0.15, 0.2) is 0 Å². The quantitative estimate of drug-likeness (QED) is 0.737. The molecule has 0 atom stereocenters. The van der Waals surface area contributed by atoms with Crippen molar-refractivity contribution in [2.45, 2.75) is 71.6 Å². The van der Waals surface area contributed by atoms with Crippen molar-refractivity contribution in [2.75, 3.05) is 6.61 Å². The van der Waals surface area contributed by atoms with E-state index in [0.717, 1.165) is 34.3 Å². The van der Waals surface area contributed by atoms with Crippen LogP contribution in [0.1, 0.15) is 80.2 Å². The zero-order valence-corrected chi connectivity index (χ0v) is 14.5. The number of aromatic nitrogens is 1. The molecule has 1 aromatic rings. The van der Waals surface area contributed by atoms with Gasteiger partial charge in [0.05, 0.1) is 17.3 Å². The highest BCUT2D eigenvalue weighted by molar-refractivity contribution is 7.13. The van der Waals surface area contributed by atoms with Crippen molar-refractivity contribution < 1.29 is 9.53 Å². The first-order valence-corrected chi connectivity index (χ1v) is 8.90. The number of thiazole rings is 1. The Bertz CT molecular complexity index is 481. The van der Waals surface area contributed by atoms with Crippen LogP contribution in [0, 0.1) is 5.92 Å². The van der Waals surface area contributed by atoms with E-state index in [9.17, 15) is 4.79 Å². The summed E-state index contributed by atoms with van der Waals surface area (Å²) in [5.41, 5.74) is 0.938. The predicted octanol–water partition coefficient (Wildman–Crippen LogP) is 4.74. The molecule has 0 unspecified atom stereocenters. The summed E-state index contributed by atoms with van der Waals surface area (Å²) >= 11 is 1.51. The average Bonchev–Trinajstić information content (AvgIpc) is 3.05. The van der Waals surface area contributed by atoms with E-state index in [4.69, 9.17) is 9.72 Å². The molecule has 0 spiro atoms. The Balaban J connectivity index is 2.15. The molecule has 0 aromatic carbocycles. The summed E-state index contributed by atoms with van der Waals surface area (Å²) in [7, 11) is 0. The zero-order valence-electron chi connectivity index (χ0n) is 13.7. The molecule has 0 bridgehead atoms. The van der Waals surface area contributed by atoms with Gasteiger partial charge in [0.25, 0.3) is 0 Å². The van der Waals surface area contributed by atoms with E-state index >= 15 is 0 Å². The maximum atomic E-state index is 12.2. The third-order valence-electron chi connectivity index (χ3n) is 4.06. The molecule has 1 fully saturated rings. The minimum absolute atomic E-state index is 0.0163. The van der Waals surface area contributed by atoms with E-state index in [1.165, 1.54) is 37.0 Å². The Morgan fingerprint density at radius 3 is 2.57 bits per heavy atom. The van der Waals surface area contributed by atoms with Crippen LogP contribution in [-0.2, 0) is 16.6 Å². The molecule has 0 N–H and O–H groups in total. The molecule has 1 heterocycles. The van der Waals surface area contributed by atoms with Crippen LogP contribution in [0.3, 0.4) is 0 Å². The second-order valence-corrected chi connectivity index (χ2v) is 7.95. The van der Waals surface area contributed by atoms with Gasteiger partial charge in [-0.05, 0) is 25.7 Å². The maximum Gasteiger partial charge on any atom is 0.350 e. The number of esters is 1. The van der Waals surface area contributed by atoms with Crippen LogP contribution in [0.4, 0.5) is 0 Å². The van der Waals surface area contributed by atoms with Gasteiger partial charge in [-0.25, -0.2) is 9.78 Å². The SMILES string of the molecule is CCOC(=O)c1sc(C(C)(C)C)nc1CCC1CCCC1. The molecule has 118 valence electrons. The van der Waals surface area contributed by atoms with Gasteiger partial charge in [-0.1, -0.05) is 46.5 Å². The Labute approximate surface area is 132 Å². The molecular formula is C17H27NO2S. The lowest BCUT2D eigenvalue weighted by atomic mass is 9.97. The number of nitrogens with zero attached hydrogens (tertiary/aromatic N) is 1. The molecule has 0 saturated heterocycles. The molecule has 1 aromatic heterocycles. The third-order valence-corrected chi connectivity index (χ3v) is 5.57. The molecule has 1 aliphatic rings. The smallest absolute Gasteiger partial charge is 0.350 e. The van der Waals surface area contributed by atoms with E-state index in [2.05, 4.69) is 20.8 Å². The molecule has 3 nitrogen and oxygen atoms in total. The van der Waals surface area contributed by atoms with Crippen molar-refractivity contribution in [3.05, 3.63) is 15.6 Å². The van der Waals surface area contributed by atoms with E-state index in [0.29, 0.717) is 6.61 Å². The Morgan fingerprint density at radius 1 is 1.33 bits per heavy atom. The first kappa shape index (κ1) is 16.5. The number of hydrogen-bond donors (Lipinski definition) is 0. The number of carbonyl (C=O) groups is 1. The van der Waals surface area contributed by atoms with Crippen LogP contribution >= 0.6 is 11.3 Å². The third kappa shape index (κ3) is 4.29. The number of hydrogen-bond acceptors (Lipinski definition) is 4. The molecule has 1 aliphatic carbocycles. The fraction of sp³-hybridized carbons (Fsp3) is 0.765. The van der Waals surface area contributed by atoms with Crippen molar-refractivity contribution in [1.82, 2.24) is 4.98 Å². The van der Waals surface area contributed by atoms with Crippen molar-refractivity contribution >= 4 is 17.3 Å². The second kappa shape index (κ2) is 6.91. The van der Waals surface area contributed by atoms with Gasteiger partial charge in [0.2, 0.25) is 0 Å². The van der Waals surface area contributed by atoms with Crippen LogP contribution in [0.2, 0.25) is 0 Å². The monoisotopic (exact) mass is 309 g/mol. The lowest BCUT2D eigenvalue weighted by Crippen LogP contribution is -2.10. The topological polar surface area (TPSA) is 39.2 Å². The second-order valence-electron chi connectivity index (χ2n) is 6.95. The Morgan fingerprint density at radius 2 is 2.00 bits per heavy atom. The highest BCUT2D eigenvalue weighted by Crippen LogP contribution is 2.33. The summed E-state index contributed by atoms with van der Waals surface area (Å²) in [6, 6.07) is 0. The van der Waals surface area contributed by atoms with E-state index in [1.807, 2.05) is 6.92 Å². The van der Waals surface area contributed by atoms with E-state index in [1.54, 1.807) is 0 Å². The van der Waals surface area contributed by atoms with E-state index < -0.39 is 0 Å². The lowest BCUT2D eigenvalue weighted by molar-refractivity contribution is 0.0530. The van der Waals surface area contributed by atoms with Gasteiger partial charge in [-0.2, -0.15) is 0 Å². The van der Waals surface area contributed by atoms with Gasteiger partial charge in [0, 0.05) is 5.41 Å². The van der Waals surface area contributed by atoms with Crippen LogP contribution in [0.25, 0.3) is 0 Å². The highest BCUT2D eigenvalue weighted by Gasteiger charge is 2.26. The molecule has 0 radical (unpaired) electrons. The van der Waals surface area contributed by atoms with Crippen molar-refractivity contribution in [1.29, 1.82) is 0 Å². The van der Waals surface area contributed by atoms with Gasteiger partial charge in [-0.15, -0.1) is 11.3 Å². The summed E-state index contributed by atoms with van der Waals surface area (Å²) in [5, 5.41) is 1.03. The average molecular weight is 309 g/mol. The van der Waals surface area contributed by atoms with Crippen molar-refractivity contribution in [3.63, 3.8) is 0 Å². The first-order chi connectivity index (χ1) is 9.91. The Hall–Kier alpha value is -0.900. The van der Waals surface area contributed by atoms with Gasteiger partial charge >= 0.3 is 5.97 Å². The fourth-order valence-corrected chi connectivity index (χ4v) is 3.90. The van der Waals surface area contributed by atoms with Crippen LogP contribution < -0.4 is 0 Å². The van der Waals surface area contributed by atoms with Gasteiger partial charge < -0.3 is 4.74 Å². The molecule has 21 heavy (non-hydrogen) atoms. The number of carbonyl (C=O) groups excluding carboxylic acids is 1. The number of ether oxygens (including phenoxy) is 1. The summed E-state index contributed by atoms with van der Waals surface area (Å²) in [4.78, 5) is 17.6. The maximum absolute atomic E-state index is 12.2. The van der Waals surface area contributed by atoms with E-state index in [-0.39, 0.29) is 11.4 Å². The van der Waals surface area contributed by atoms with Crippen molar-refractivity contribution in [2.24, 2.45) is 5.92 Å². The highest BCUT2D eigenvalue weighted by atomic mass is 32.1. The summed E-state index contributed by atoms with van der Waals surface area (Å²) in [6.45, 7) is 8.69. The summed E-state index contributed by atoms with van der Waals surface area (Å²) in [6.07, 6.45) is 7.46. The number of aryl methyl sites for hydroxylation is 1.